The highest BCUT2D eigenvalue weighted by molar-refractivity contribution is 4.53. The zero-order chi connectivity index (χ0) is 13.3. The number of nitrogens with two attached hydrogens (primary N) is 1. The minimum atomic E-state index is -0.403. The minimum Gasteiger partial charge on any atom is -0.333 e. The van der Waals surface area contributed by atoms with Gasteiger partial charge in [-0.25, -0.2) is 4.89 Å². The van der Waals surface area contributed by atoms with Crippen molar-refractivity contribution in [3.8, 4) is 0 Å². The molecule has 0 rings (SSSR count). The van der Waals surface area contributed by atoms with Crippen LogP contribution in [0.25, 0.3) is 0 Å². The first-order valence-electron chi connectivity index (χ1n) is 5.59. The fraction of sp³-hybridized carbons (Fsp3) is 1.00. The molecule has 0 spiro atoms. The molecule has 0 aliphatic carbocycles. The quantitative estimate of drug-likeness (QED) is 0.498. The van der Waals surface area contributed by atoms with Crippen molar-refractivity contribution in [2.45, 2.75) is 54.1 Å². The third-order valence-corrected chi connectivity index (χ3v) is 0.774. The topological polar surface area (TPSA) is 67.5 Å². The molecule has 0 atom stereocenters. The van der Waals surface area contributed by atoms with Gasteiger partial charge in [-0.05, 0) is 40.9 Å². The fourth-order valence-electron chi connectivity index (χ4n) is 0.250. The summed E-state index contributed by atoms with van der Waals surface area (Å²) in [5.41, 5.74) is 4.10. The second-order valence-corrected chi connectivity index (χ2v) is 3.16. The van der Waals surface area contributed by atoms with Crippen molar-refractivity contribution in [2.75, 3.05) is 20.1 Å². The van der Waals surface area contributed by atoms with Crippen LogP contribution in [-0.2, 0) is 4.89 Å². The molecule has 0 unspecified atom stereocenters. The highest BCUT2D eigenvalue weighted by atomic mass is 17.1. The van der Waals surface area contributed by atoms with Crippen molar-refractivity contribution < 1.29 is 10.1 Å². The average molecular weight is 224 g/mol. The van der Waals surface area contributed by atoms with E-state index < -0.39 is 5.60 Å². The molecule has 15 heavy (non-hydrogen) atoms. The van der Waals surface area contributed by atoms with E-state index in [1.165, 1.54) is 7.05 Å². The molecule has 98 valence electrons. The Labute approximate surface area is 96.1 Å². The highest BCUT2D eigenvalue weighted by Gasteiger charge is 2.06. The van der Waals surface area contributed by atoms with Crippen LogP contribution in [0, 0.1) is 0 Å². The fourth-order valence-corrected chi connectivity index (χ4v) is 0.250. The zero-order valence-electron chi connectivity index (χ0n) is 11.8. The second-order valence-electron chi connectivity index (χ2n) is 3.16. The van der Waals surface area contributed by atoms with Gasteiger partial charge in [0.15, 0.2) is 0 Å². The van der Waals surface area contributed by atoms with E-state index in [0.717, 1.165) is 13.1 Å². The van der Waals surface area contributed by atoms with Gasteiger partial charge in [-0.15, -0.1) is 0 Å². The monoisotopic (exact) mass is 224 g/mol. The molecule has 0 aromatic heterocycles. The Morgan fingerprint density at radius 1 is 1.07 bits per heavy atom. The van der Waals surface area contributed by atoms with Gasteiger partial charge < -0.3 is 11.1 Å². The molecule has 0 amide bonds. The number of nitrogens with one attached hydrogen (secondary N) is 1. The molecule has 0 bridgehead atoms. The first-order chi connectivity index (χ1) is 6.97. The number of rotatable bonds is 2. The van der Waals surface area contributed by atoms with Gasteiger partial charge >= 0.3 is 0 Å². The van der Waals surface area contributed by atoms with Crippen molar-refractivity contribution in [3.05, 3.63) is 0 Å². The van der Waals surface area contributed by atoms with Crippen LogP contribution < -0.4 is 11.1 Å². The standard InChI is InChI=1S/C4H11N.C4H10O2.C2H6.CH5N/c1-3-5-4-2;1-4(2,3)6-5;2*1-2/h5H,3-4H2,1-2H3;5H,1-3H3;1-2H3;2H2,1H3. The summed E-state index contributed by atoms with van der Waals surface area (Å²) in [6.07, 6.45) is 0. The Morgan fingerprint density at radius 3 is 1.27 bits per heavy atom. The molecule has 4 N–H and O–H groups in total. The molecule has 0 aliphatic rings. The lowest BCUT2D eigenvalue weighted by atomic mass is 10.2. The number of hydrogen-bond donors (Lipinski definition) is 3. The van der Waals surface area contributed by atoms with Gasteiger partial charge in [-0.2, -0.15) is 0 Å². The molecular formula is C11H32N2O2. The summed E-state index contributed by atoms with van der Waals surface area (Å²) in [6, 6.07) is 0. The first-order valence-corrected chi connectivity index (χ1v) is 5.59. The Hall–Kier alpha value is -0.160. The van der Waals surface area contributed by atoms with E-state index in [0.29, 0.717) is 0 Å². The van der Waals surface area contributed by atoms with Crippen LogP contribution in [-0.4, -0.2) is 31.0 Å². The van der Waals surface area contributed by atoms with Crippen molar-refractivity contribution >= 4 is 0 Å². The Balaban J connectivity index is -0.0000000610. The highest BCUT2D eigenvalue weighted by Crippen LogP contribution is 2.01. The molecular weight excluding hydrogens is 192 g/mol. The van der Waals surface area contributed by atoms with E-state index in [4.69, 9.17) is 5.26 Å². The van der Waals surface area contributed by atoms with Crippen LogP contribution in [0.15, 0.2) is 0 Å². The molecule has 0 aromatic carbocycles. The summed E-state index contributed by atoms with van der Waals surface area (Å²) in [4.78, 5) is 3.94. The molecule has 0 aliphatic heterocycles. The zero-order valence-corrected chi connectivity index (χ0v) is 11.8. The first kappa shape index (κ1) is 24.2. The molecule has 4 nitrogen and oxygen atoms in total. The van der Waals surface area contributed by atoms with Crippen molar-refractivity contribution in [2.24, 2.45) is 5.73 Å². The molecule has 0 aromatic rings. The van der Waals surface area contributed by atoms with Crippen molar-refractivity contribution in [1.29, 1.82) is 0 Å². The van der Waals surface area contributed by atoms with Crippen LogP contribution >= 0.6 is 0 Å². The Kier molecular flexibility index (Phi) is 38.0. The van der Waals surface area contributed by atoms with E-state index in [2.05, 4.69) is 29.8 Å². The van der Waals surface area contributed by atoms with Gasteiger partial charge in [-0.3, -0.25) is 5.26 Å². The lowest BCUT2D eigenvalue weighted by Crippen LogP contribution is -2.15. The summed E-state index contributed by atoms with van der Waals surface area (Å²) in [6.45, 7) is 15.7. The summed E-state index contributed by atoms with van der Waals surface area (Å²) < 4.78 is 0. The summed E-state index contributed by atoms with van der Waals surface area (Å²) in [5, 5.41) is 11.0. The SMILES string of the molecule is CC.CC(C)(C)OO.CCNCC.CN. The van der Waals surface area contributed by atoms with Crippen LogP contribution in [0.3, 0.4) is 0 Å². The van der Waals surface area contributed by atoms with Crippen LogP contribution in [0.1, 0.15) is 48.5 Å². The third kappa shape index (κ3) is 82.8. The molecule has 0 saturated heterocycles. The van der Waals surface area contributed by atoms with Crippen LogP contribution in [0.5, 0.6) is 0 Å². The second kappa shape index (κ2) is 23.6. The van der Waals surface area contributed by atoms with E-state index >= 15 is 0 Å². The van der Waals surface area contributed by atoms with Gasteiger partial charge in [0.1, 0.15) is 0 Å². The molecule has 0 saturated carbocycles. The molecule has 0 heterocycles. The molecule has 0 radical (unpaired) electrons. The maximum atomic E-state index is 7.90. The maximum absolute atomic E-state index is 7.90. The van der Waals surface area contributed by atoms with Crippen LogP contribution in [0.2, 0.25) is 0 Å². The van der Waals surface area contributed by atoms with Gasteiger partial charge in [0.25, 0.3) is 0 Å². The normalized spacial score (nSPS) is 8.40. The number of hydrogen-bond acceptors (Lipinski definition) is 4. The van der Waals surface area contributed by atoms with E-state index in [9.17, 15) is 0 Å². The predicted molar refractivity (Wildman–Crippen MR) is 69.1 cm³/mol. The Bertz CT molecular complexity index is 71.5. The minimum absolute atomic E-state index is 0.403. The Morgan fingerprint density at radius 2 is 1.27 bits per heavy atom. The summed E-state index contributed by atoms with van der Waals surface area (Å²) >= 11 is 0. The smallest absolute Gasteiger partial charge is 0.0949 e. The van der Waals surface area contributed by atoms with Crippen molar-refractivity contribution in [3.63, 3.8) is 0 Å². The van der Waals surface area contributed by atoms with E-state index in [1.54, 1.807) is 20.8 Å². The van der Waals surface area contributed by atoms with Gasteiger partial charge in [-0.1, -0.05) is 27.7 Å². The third-order valence-electron chi connectivity index (χ3n) is 0.774. The lowest BCUT2D eigenvalue weighted by molar-refractivity contribution is -0.306. The predicted octanol–water partition coefficient (Wildman–Crippen LogP) is 2.49. The van der Waals surface area contributed by atoms with E-state index in [1.807, 2.05) is 13.8 Å². The van der Waals surface area contributed by atoms with Crippen LogP contribution in [0.4, 0.5) is 0 Å². The summed E-state index contributed by atoms with van der Waals surface area (Å²) in [7, 11) is 1.50. The summed E-state index contributed by atoms with van der Waals surface area (Å²) in [5.74, 6) is 0. The molecule has 0 fully saturated rings. The largest absolute Gasteiger partial charge is 0.333 e. The average Bonchev–Trinajstić information content (AvgIpc) is 2.25. The molecule has 4 heteroatoms. The van der Waals surface area contributed by atoms with Gasteiger partial charge in [0.05, 0.1) is 5.60 Å². The van der Waals surface area contributed by atoms with Crippen molar-refractivity contribution in [1.82, 2.24) is 5.32 Å². The van der Waals surface area contributed by atoms with Gasteiger partial charge in [0, 0.05) is 0 Å². The van der Waals surface area contributed by atoms with Gasteiger partial charge in [0.2, 0.25) is 0 Å². The lowest BCUT2D eigenvalue weighted by Gasteiger charge is -2.10. The maximum Gasteiger partial charge on any atom is 0.0949 e. The van der Waals surface area contributed by atoms with E-state index in [-0.39, 0.29) is 0 Å².